The molecule has 5 nitrogen and oxygen atoms in total. The number of aromatic nitrogens is 4. The molecule has 3 aromatic rings. The average molecular weight is 333 g/mol. The van der Waals surface area contributed by atoms with Crippen LogP contribution in [0, 0.1) is 24.4 Å². The van der Waals surface area contributed by atoms with Crippen LogP contribution in [0.1, 0.15) is 11.3 Å². The van der Waals surface area contributed by atoms with Gasteiger partial charge in [-0.25, -0.2) is 23.1 Å². The Hall–Kier alpha value is -2.90. The molecule has 1 aromatic carbocycles. The summed E-state index contributed by atoms with van der Waals surface area (Å²) in [4.78, 5) is 8.31. The molecule has 1 N–H and O–H groups in total. The first-order valence-electron chi connectivity index (χ1n) is 7.15. The lowest BCUT2D eigenvalue weighted by molar-refractivity contribution is 0.481. The quantitative estimate of drug-likeness (QED) is 0.745. The van der Waals surface area contributed by atoms with Gasteiger partial charge in [-0.15, -0.1) is 0 Å². The van der Waals surface area contributed by atoms with Gasteiger partial charge >= 0.3 is 0 Å². The van der Waals surface area contributed by atoms with Gasteiger partial charge in [0.2, 0.25) is 5.95 Å². The summed E-state index contributed by atoms with van der Waals surface area (Å²) < 4.78 is 42.2. The fourth-order valence-corrected chi connectivity index (χ4v) is 2.34. The summed E-state index contributed by atoms with van der Waals surface area (Å²) >= 11 is 0. The molecule has 2 aromatic heterocycles. The number of hydrogen-bond acceptors (Lipinski definition) is 4. The van der Waals surface area contributed by atoms with Crippen molar-refractivity contribution >= 4 is 5.95 Å². The lowest BCUT2D eigenvalue weighted by Gasteiger charge is -2.08. The molecule has 0 saturated heterocycles. The number of nitrogens with zero attached hydrogens (tertiary/aromatic N) is 4. The first-order chi connectivity index (χ1) is 11.5. The Morgan fingerprint density at radius 2 is 1.88 bits per heavy atom. The van der Waals surface area contributed by atoms with Gasteiger partial charge in [0, 0.05) is 37.1 Å². The lowest BCUT2D eigenvalue weighted by atomic mass is 10.2. The molecule has 0 aliphatic heterocycles. The first-order valence-corrected chi connectivity index (χ1v) is 7.15. The molecule has 0 aliphatic rings. The molecule has 3 rings (SSSR count). The summed E-state index contributed by atoms with van der Waals surface area (Å²) in [7, 11) is 1.80. The molecule has 0 amide bonds. The van der Waals surface area contributed by atoms with Crippen LogP contribution >= 0.6 is 0 Å². The number of aryl methyl sites for hydroxylation is 2. The van der Waals surface area contributed by atoms with Gasteiger partial charge < -0.3 is 5.32 Å². The third-order valence-corrected chi connectivity index (χ3v) is 3.51. The van der Waals surface area contributed by atoms with E-state index >= 15 is 0 Å². The summed E-state index contributed by atoms with van der Waals surface area (Å²) in [5, 5.41) is 6.95. The molecule has 0 bridgehead atoms. The van der Waals surface area contributed by atoms with Gasteiger partial charge in [0.1, 0.15) is 5.82 Å². The molecule has 0 spiro atoms. The Morgan fingerprint density at radius 3 is 2.58 bits per heavy atom. The maximum atomic E-state index is 13.7. The van der Waals surface area contributed by atoms with Crippen LogP contribution in [0.4, 0.5) is 19.1 Å². The predicted octanol–water partition coefficient (Wildman–Crippen LogP) is 3.21. The van der Waals surface area contributed by atoms with Gasteiger partial charge in [-0.3, -0.25) is 4.68 Å². The first kappa shape index (κ1) is 16.0. The van der Waals surface area contributed by atoms with Gasteiger partial charge in [0.25, 0.3) is 0 Å². The second-order valence-corrected chi connectivity index (χ2v) is 5.24. The molecule has 124 valence electrons. The van der Waals surface area contributed by atoms with Crippen molar-refractivity contribution in [2.45, 2.75) is 13.5 Å². The van der Waals surface area contributed by atoms with Crippen molar-refractivity contribution in [1.82, 2.24) is 19.7 Å². The zero-order valence-corrected chi connectivity index (χ0v) is 13.0. The summed E-state index contributed by atoms with van der Waals surface area (Å²) in [6.45, 7) is 1.58. The molecule has 0 radical (unpaired) electrons. The van der Waals surface area contributed by atoms with Crippen molar-refractivity contribution in [2.75, 3.05) is 5.32 Å². The highest BCUT2D eigenvalue weighted by Crippen LogP contribution is 2.21. The second-order valence-electron chi connectivity index (χ2n) is 5.24. The maximum Gasteiger partial charge on any atom is 0.223 e. The molecule has 8 heteroatoms. The second kappa shape index (κ2) is 6.31. The SMILES string of the molecule is Cc1nn(C)cc1-c1ccnc(NCc2c(F)ccc(F)c2F)n1. The van der Waals surface area contributed by atoms with Crippen molar-refractivity contribution in [2.24, 2.45) is 7.05 Å². The van der Waals surface area contributed by atoms with Crippen molar-refractivity contribution in [3.8, 4) is 11.3 Å². The van der Waals surface area contributed by atoms with Crippen LogP contribution < -0.4 is 5.32 Å². The molecule has 0 fully saturated rings. The molecule has 24 heavy (non-hydrogen) atoms. The van der Waals surface area contributed by atoms with Crippen molar-refractivity contribution < 1.29 is 13.2 Å². The highest BCUT2D eigenvalue weighted by molar-refractivity contribution is 5.61. The minimum atomic E-state index is -1.22. The third-order valence-electron chi connectivity index (χ3n) is 3.51. The van der Waals surface area contributed by atoms with E-state index in [4.69, 9.17) is 0 Å². The Kier molecular flexibility index (Phi) is 4.20. The fourth-order valence-electron chi connectivity index (χ4n) is 2.34. The number of rotatable bonds is 4. The monoisotopic (exact) mass is 333 g/mol. The van der Waals surface area contributed by atoms with E-state index in [-0.39, 0.29) is 12.5 Å². The van der Waals surface area contributed by atoms with Gasteiger partial charge in [-0.05, 0) is 25.1 Å². The Morgan fingerprint density at radius 1 is 1.12 bits per heavy atom. The summed E-state index contributed by atoms with van der Waals surface area (Å²) in [5.41, 5.74) is 1.84. The van der Waals surface area contributed by atoms with Crippen molar-refractivity contribution in [3.05, 3.63) is 59.3 Å². The van der Waals surface area contributed by atoms with Crippen LogP contribution in [0.15, 0.2) is 30.6 Å². The van der Waals surface area contributed by atoms with Crippen LogP contribution in [0.3, 0.4) is 0 Å². The van der Waals surface area contributed by atoms with Crippen LogP contribution in [0.5, 0.6) is 0 Å². The standard InChI is InChI=1S/C16H14F3N5/c1-9-11(8-24(2)23-9)14-5-6-20-16(22-14)21-7-10-12(17)3-4-13(18)15(10)19/h3-6,8H,7H2,1-2H3,(H,20,21,22). The number of benzene rings is 1. The molecule has 0 aliphatic carbocycles. The van der Waals surface area contributed by atoms with Gasteiger partial charge in [0.15, 0.2) is 11.6 Å². The topological polar surface area (TPSA) is 55.6 Å². The summed E-state index contributed by atoms with van der Waals surface area (Å²) in [5.74, 6) is -2.98. The normalized spacial score (nSPS) is 10.9. The maximum absolute atomic E-state index is 13.7. The molecule has 0 saturated carbocycles. The number of halogens is 3. The summed E-state index contributed by atoms with van der Waals surface area (Å²) in [6, 6.07) is 3.33. The Balaban J connectivity index is 1.84. The zero-order valence-electron chi connectivity index (χ0n) is 13.0. The van der Waals surface area contributed by atoms with E-state index in [1.165, 1.54) is 6.20 Å². The van der Waals surface area contributed by atoms with Gasteiger partial charge in [-0.2, -0.15) is 5.10 Å². The van der Waals surface area contributed by atoms with Gasteiger partial charge in [0.05, 0.1) is 11.4 Å². The number of anilines is 1. The smallest absolute Gasteiger partial charge is 0.223 e. The van der Waals surface area contributed by atoms with Crippen molar-refractivity contribution in [3.63, 3.8) is 0 Å². The van der Waals surface area contributed by atoms with E-state index in [1.807, 2.05) is 13.1 Å². The number of nitrogens with one attached hydrogen (secondary N) is 1. The van der Waals surface area contributed by atoms with E-state index in [2.05, 4.69) is 20.4 Å². The molecule has 0 atom stereocenters. The molecule has 0 unspecified atom stereocenters. The minimum absolute atomic E-state index is 0.179. The highest BCUT2D eigenvalue weighted by Gasteiger charge is 2.14. The lowest BCUT2D eigenvalue weighted by Crippen LogP contribution is -2.08. The Labute approximate surface area is 136 Å². The Bertz CT molecular complexity index is 891. The predicted molar refractivity (Wildman–Crippen MR) is 82.6 cm³/mol. The van der Waals surface area contributed by atoms with E-state index in [0.29, 0.717) is 5.69 Å². The highest BCUT2D eigenvalue weighted by atomic mass is 19.2. The number of hydrogen-bond donors (Lipinski definition) is 1. The van der Waals surface area contributed by atoms with Crippen molar-refractivity contribution in [1.29, 1.82) is 0 Å². The molecular formula is C16H14F3N5. The molecular weight excluding hydrogens is 319 g/mol. The molecule has 2 heterocycles. The van der Waals surface area contributed by atoms with Crippen LogP contribution in [0.25, 0.3) is 11.3 Å². The van der Waals surface area contributed by atoms with E-state index in [9.17, 15) is 13.2 Å². The fraction of sp³-hybridized carbons (Fsp3) is 0.188. The van der Waals surface area contributed by atoms with E-state index in [1.54, 1.807) is 17.8 Å². The van der Waals surface area contributed by atoms with Crippen LogP contribution in [0.2, 0.25) is 0 Å². The average Bonchev–Trinajstić information content (AvgIpc) is 2.90. The third kappa shape index (κ3) is 3.08. The zero-order chi connectivity index (χ0) is 17.3. The van der Waals surface area contributed by atoms with Gasteiger partial charge in [-0.1, -0.05) is 0 Å². The minimum Gasteiger partial charge on any atom is -0.350 e. The van der Waals surface area contributed by atoms with Crippen LogP contribution in [-0.2, 0) is 13.6 Å². The largest absolute Gasteiger partial charge is 0.350 e. The van der Waals surface area contributed by atoms with E-state index in [0.717, 1.165) is 23.4 Å². The van der Waals surface area contributed by atoms with E-state index < -0.39 is 23.0 Å². The van der Waals surface area contributed by atoms with Crippen LogP contribution in [-0.4, -0.2) is 19.7 Å². The summed E-state index contributed by atoms with van der Waals surface area (Å²) in [6.07, 6.45) is 3.34.